The molecule has 4 rings (SSSR count). The summed E-state index contributed by atoms with van der Waals surface area (Å²) in [7, 11) is 17.8. The van der Waals surface area contributed by atoms with E-state index in [1.54, 1.807) is 21.8 Å². The summed E-state index contributed by atoms with van der Waals surface area (Å²) >= 11 is -0.639. The number of halogens is 2. The summed E-state index contributed by atoms with van der Waals surface area (Å²) < 4.78 is 3.56. The monoisotopic (exact) mass is 666 g/mol. The Hall–Kier alpha value is -2.46. The van der Waals surface area contributed by atoms with E-state index in [1.807, 2.05) is 101 Å². The van der Waals surface area contributed by atoms with Gasteiger partial charge in [-0.15, -0.1) is 0 Å². The summed E-state index contributed by atoms with van der Waals surface area (Å²) in [6.45, 7) is 4.03. The first kappa shape index (κ1) is 26.8. The number of anilines is 2. The number of nitrogens with zero attached hydrogens (tertiary/aromatic N) is 8. The van der Waals surface area contributed by atoms with Gasteiger partial charge in [0, 0.05) is 76.5 Å². The van der Waals surface area contributed by atoms with Gasteiger partial charge in [-0.2, -0.15) is 10.2 Å². The van der Waals surface area contributed by atoms with E-state index in [4.69, 9.17) is 19.3 Å². The second-order valence-corrected chi connectivity index (χ2v) is 11.2. The van der Waals surface area contributed by atoms with Crippen LogP contribution in [-0.2, 0) is 15.4 Å². The van der Waals surface area contributed by atoms with Crippen LogP contribution in [0.5, 0.6) is 0 Å². The fraction of sp³-hybridized carbons (Fsp3) is 0.273. The third-order valence-corrected chi connectivity index (χ3v) is 4.38. The van der Waals surface area contributed by atoms with Gasteiger partial charge in [-0.25, -0.2) is 19.3 Å². The second-order valence-electron chi connectivity index (χ2n) is 7.51. The van der Waals surface area contributed by atoms with Crippen LogP contribution in [0.25, 0.3) is 11.6 Å². The van der Waals surface area contributed by atoms with Gasteiger partial charge in [-0.05, 0) is 37.1 Å². The first-order valence-corrected chi connectivity index (χ1v) is 16.2. The molecule has 0 saturated heterocycles. The van der Waals surface area contributed by atoms with E-state index in [0.29, 0.717) is 0 Å². The molecule has 0 bridgehead atoms. The van der Waals surface area contributed by atoms with Crippen molar-refractivity contribution < 1.29 is 15.4 Å². The van der Waals surface area contributed by atoms with Crippen molar-refractivity contribution >= 4 is 30.6 Å². The minimum atomic E-state index is -0.639. The maximum atomic E-state index is 4.90. The maximum absolute atomic E-state index is 4.90. The van der Waals surface area contributed by atoms with Gasteiger partial charge in [0.05, 0.1) is 12.4 Å². The molecule has 33 heavy (non-hydrogen) atoms. The third-order valence-electron chi connectivity index (χ3n) is 4.38. The number of pyridine rings is 2. The van der Waals surface area contributed by atoms with E-state index in [1.165, 1.54) is 0 Å². The Kier molecular flexibility index (Phi) is 10.8. The zero-order chi connectivity index (χ0) is 24.4. The van der Waals surface area contributed by atoms with Crippen LogP contribution in [0.1, 0.15) is 11.1 Å². The molecule has 11 heteroatoms. The average molecular weight is 666 g/mol. The van der Waals surface area contributed by atoms with E-state index in [2.05, 4.69) is 20.2 Å². The first-order chi connectivity index (χ1) is 15.7. The van der Waals surface area contributed by atoms with Gasteiger partial charge in [0.25, 0.3) is 0 Å². The van der Waals surface area contributed by atoms with Crippen LogP contribution < -0.4 is 9.80 Å². The normalized spacial score (nSPS) is 10.1. The third kappa shape index (κ3) is 8.43. The van der Waals surface area contributed by atoms with E-state index in [9.17, 15) is 0 Å². The number of aryl methyl sites for hydroxylation is 2. The van der Waals surface area contributed by atoms with Crippen LogP contribution in [0.4, 0.5) is 11.4 Å². The summed E-state index contributed by atoms with van der Waals surface area (Å²) in [5, 5.41) is 8.44. The van der Waals surface area contributed by atoms with Crippen molar-refractivity contribution in [3.63, 3.8) is 0 Å². The van der Waals surface area contributed by atoms with Gasteiger partial charge in [0.2, 0.25) is 0 Å². The predicted octanol–water partition coefficient (Wildman–Crippen LogP) is 4.66. The van der Waals surface area contributed by atoms with Gasteiger partial charge >= 0.3 is 34.7 Å². The van der Waals surface area contributed by atoms with E-state index >= 15 is 0 Å². The van der Waals surface area contributed by atoms with Crippen molar-refractivity contribution in [3.05, 3.63) is 72.6 Å². The van der Waals surface area contributed by atoms with Crippen LogP contribution in [0, 0.1) is 13.8 Å². The van der Waals surface area contributed by atoms with Gasteiger partial charge in [0.1, 0.15) is 0 Å². The summed E-state index contributed by atoms with van der Waals surface area (Å²) in [6.07, 6.45) is 11.2. The van der Waals surface area contributed by atoms with Crippen molar-refractivity contribution in [1.82, 2.24) is 29.5 Å². The Morgan fingerprint density at radius 2 is 1.09 bits per heavy atom. The molecule has 0 aliphatic carbocycles. The van der Waals surface area contributed by atoms with E-state index in [-0.39, 0.29) is 0 Å². The second kappa shape index (κ2) is 13.3. The van der Waals surface area contributed by atoms with Gasteiger partial charge in [0.15, 0.2) is 11.6 Å². The molecule has 4 aromatic rings. The minimum absolute atomic E-state index is 0.639. The number of aromatic nitrogens is 6. The zero-order valence-electron chi connectivity index (χ0n) is 19.5. The Bertz CT molecular complexity index is 1040. The van der Waals surface area contributed by atoms with E-state index in [0.717, 1.165) is 34.1 Å². The molecule has 0 N–H and O–H groups in total. The molecule has 0 fully saturated rings. The molecule has 0 radical (unpaired) electrons. The Morgan fingerprint density at radius 3 is 1.36 bits per heavy atom. The molecule has 4 heterocycles. The topological polar surface area (TPSA) is 67.9 Å². The van der Waals surface area contributed by atoms with Gasteiger partial charge in [-0.3, -0.25) is 0 Å². The van der Waals surface area contributed by atoms with E-state index < -0.39 is 15.4 Å². The molecule has 0 spiro atoms. The average Bonchev–Trinajstić information content (AvgIpc) is 3.43. The summed E-state index contributed by atoms with van der Waals surface area (Å²) in [5.41, 5.74) is 4.50. The molecule has 8 nitrogen and oxygen atoms in total. The van der Waals surface area contributed by atoms with Crippen LogP contribution >= 0.6 is 19.3 Å². The van der Waals surface area contributed by atoms with Crippen LogP contribution in [0.15, 0.2) is 61.4 Å². The number of hydrogen-bond donors (Lipinski definition) is 0. The predicted molar refractivity (Wildman–Crippen MR) is 133 cm³/mol. The molecule has 0 atom stereocenters. The van der Waals surface area contributed by atoms with Crippen molar-refractivity contribution in [2.24, 2.45) is 0 Å². The Morgan fingerprint density at radius 1 is 0.727 bits per heavy atom. The molecule has 178 valence electrons. The van der Waals surface area contributed by atoms with Crippen LogP contribution in [0.3, 0.4) is 0 Å². The summed E-state index contributed by atoms with van der Waals surface area (Å²) in [6, 6.07) is 7.96. The number of rotatable bonds is 4. The molecule has 0 unspecified atom stereocenters. The van der Waals surface area contributed by atoms with Gasteiger partial charge < -0.3 is 9.80 Å². The van der Waals surface area contributed by atoms with Crippen molar-refractivity contribution in [3.8, 4) is 11.6 Å². The zero-order valence-corrected chi connectivity index (χ0v) is 23.5. The van der Waals surface area contributed by atoms with Crippen LogP contribution in [-0.4, -0.2) is 57.7 Å². The molecule has 0 aliphatic heterocycles. The Balaban J connectivity index is 0.000000209. The Labute approximate surface area is 211 Å². The SMILES string of the molecule is Cc1cnn(-c2cc(N(C)C)ccn2)c1.Cc1cnn(-c2cc(N(C)C)ccn2)c1.[Cl][Os][Cl]. The molecule has 4 aromatic heterocycles. The quantitative estimate of drug-likeness (QED) is 0.316. The van der Waals surface area contributed by atoms with Gasteiger partial charge in [-0.1, -0.05) is 0 Å². The summed E-state index contributed by atoms with van der Waals surface area (Å²) in [4.78, 5) is 12.6. The molecule has 0 amide bonds. The van der Waals surface area contributed by atoms with Crippen molar-refractivity contribution in [2.75, 3.05) is 38.0 Å². The molecular formula is C22H28Cl2N8Os. The standard InChI is InChI=1S/2C11H14N4.2ClH.Os/c2*1-9-7-13-15(8-9)11-6-10(14(2)3)4-5-12-11;;;/h2*4-8H,1-3H3;2*1H;/q;;;;+2/p-2. The number of hydrogen-bond acceptors (Lipinski definition) is 6. The van der Waals surface area contributed by atoms with Crippen LogP contribution in [0.2, 0.25) is 0 Å². The fourth-order valence-electron chi connectivity index (χ4n) is 2.70. The molecular weight excluding hydrogens is 637 g/mol. The molecule has 0 aromatic carbocycles. The molecule has 0 saturated carbocycles. The van der Waals surface area contributed by atoms with Crippen molar-refractivity contribution in [2.45, 2.75) is 13.8 Å². The summed E-state index contributed by atoms with van der Waals surface area (Å²) in [5.74, 6) is 1.68. The molecule has 0 aliphatic rings. The fourth-order valence-corrected chi connectivity index (χ4v) is 2.70. The first-order valence-electron chi connectivity index (χ1n) is 9.90. The van der Waals surface area contributed by atoms with Crippen molar-refractivity contribution in [1.29, 1.82) is 0 Å².